The van der Waals surface area contributed by atoms with Gasteiger partial charge in [-0.2, -0.15) is 5.10 Å². The number of ether oxygens (including phenoxy) is 2. The van der Waals surface area contributed by atoms with Gasteiger partial charge in [0.1, 0.15) is 5.75 Å². The lowest BCUT2D eigenvalue weighted by Gasteiger charge is -2.14. The molecule has 3 aromatic carbocycles. The van der Waals surface area contributed by atoms with Crippen LogP contribution in [-0.4, -0.2) is 30.4 Å². The third-order valence-electron chi connectivity index (χ3n) is 4.05. The number of benzene rings is 3. The number of hydrazone groups is 1. The van der Waals surface area contributed by atoms with Gasteiger partial charge < -0.3 is 14.6 Å². The molecule has 0 heterocycles. The van der Waals surface area contributed by atoms with Gasteiger partial charge in [0.2, 0.25) is 0 Å². The molecule has 6 nitrogen and oxygen atoms in total. The number of hydrogen-bond donors (Lipinski definition) is 2. The summed E-state index contributed by atoms with van der Waals surface area (Å²) < 4.78 is 10.8. The summed E-state index contributed by atoms with van der Waals surface area (Å²) in [7, 11) is 1.46. The monoisotopic (exact) mass is 364 g/mol. The average molecular weight is 364 g/mol. The van der Waals surface area contributed by atoms with Crippen molar-refractivity contribution >= 4 is 22.9 Å². The molecule has 1 atom stereocenters. The normalized spacial score (nSPS) is 12.1. The molecular weight excluding hydrogens is 344 g/mol. The van der Waals surface area contributed by atoms with Gasteiger partial charge in [0.15, 0.2) is 17.6 Å². The lowest BCUT2D eigenvalue weighted by molar-refractivity contribution is -0.127. The fourth-order valence-electron chi connectivity index (χ4n) is 2.61. The molecule has 0 aliphatic heterocycles. The Morgan fingerprint density at radius 1 is 1.07 bits per heavy atom. The molecule has 0 aliphatic rings. The first-order valence-corrected chi connectivity index (χ1v) is 8.43. The molecule has 0 aromatic heterocycles. The van der Waals surface area contributed by atoms with Crippen LogP contribution in [0, 0.1) is 0 Å². The predicted molar refractivity (Wildman–Crippen MR) is 104 cm³/mol. The Hall–Kier alpha value is -3.54. The Labute approximate surface area is 157 Å². The fraction of sp³-hybridized carbons (Fsp3) is 0.143. The van der Waals surface area contributed by atoms with Crippen LogP contribution in [0.3, 0.4) is 0 Å². The van der Waals surface area contributed by atoms with Crippen LogP contribution >= 0.6 is 0 Å². The second-order valence-electron chi connectivity index (χ2n) is 5.87. The number of phenols is 1. The SMILES string of the molecule is COc1cccc(C=NNC(=O)C(C)Oc2cccc3ccccc23)c1O. The largest absolute Gasteiger partial charge is 0.504 e. The molecule has 1 unspecified atom stereocenters. The summed E-state index contributed by atoms with van der Waals surface area (Å²) in [6.45, 7) is 1.65. The smallest absolute Gasteiger partial charge is 0.280 e. The predicted octanol–water partition coefficient (Wildman–Crippen LogP) is 3.47. The Morgan fingerprint density at radius 2 is 1.78 bits per heavy atom. The molecule has 138 valence electrons. The van der Waals surface area contributed by atoms with Crippen LogP contribution in [0.4, 0.5) is 0 Å². The van der Waals surface area contributed by atoms with E-state index in [-0.39, 0.29) is 5.75 Å². The van der Waals surface area contributed by atoms with Crippen molar-refractivity contribution in [2.75, 3.05) is 7.11 Å². The van der Waals surface area contributed by atoms with Gasteiger partial charge >= 0.3 is 0 Å². The highest BCUT2D eigenvalue weighted by Gasteiger charge is 2.15. The van der Waals surface area contributed by atoms with Crippen molar-refractivity contribution < 1.29 is 19.4 Å². The Kier molecular flexibility index (Phi) is 5.56. The number of fused-ring (bicyclic) bond motifs is 1. The molecule has 0 radical (unpaired) electrons. The molecular formula is C21H20N2O4. The van der Waals surface area contributed by atoms with E-state index in [2.05, 4.69) is 10.5 Å². The Bertz CT molecular complexity index is 980. The van der Waals surface area contributed by atoms with Gasteiger partial charge in [0.25, 0.3) is 5.91 Å². The molecule has 0 spiro atoms. The van der Waals surface area contributed by atoms with Gasteiger partial charge in [-0.3, -0.25) is 4.79 Å². The number of nitrogens with zero attached hydrogens (tertiary/aromatic N) is 1. The molecule has 0 saturated heterocycles. The molecule has 1 amide bonds. The highest BCUT2D eigenvalue weighted by Crippen LogP contribution is 2.28. The van der Waals surface area contributed by atoms with Crippen molar-refractivity contribution in [1.29, 1.82) is 0 Å². The van der Waals surface area contributed by atoms with E-state index in [9.17, 15) is 9.90 Å². The molecule has 27 heavy (non-hydrogen) atoms. The quantitative estimate of drug-likeness (QED) is 0.518. The van der Waals surface area contributed by atoms with Crippen LogP contribution in [0.1, 0.15) is 12.5 Å². The summed E-state index contributed by atoms with van der Waals surface area (Å²) in [4.78, 5) is 12.2. The zero-order chi connectivity index (χ0) is 19.2. The van der Waals surface area contributed by atoms with E-state index in [0.717, 1.165) is 10.8 Å². The summed E-state index contributed by atoms with van der Waals surface area (Å²) in [5, 5.41) is 15.9. The number of rotatable bonds is 6. The van der Waals surface area contributed by atoms with Gasteiger partial charge in [0.05, 0.1) is 13.3 Å². The van der Waals surface area contributed by atoms with Crippen LogP contribution < -0.4 is 14.9 Å². The third-order valence-corrected chi connectivity index (χ3v) is 4.05. The van der Waals surface area contributed by atoms with Crippen molar-refractivity contribution in [3.63, 3.8) is 0 Å². The van der Waals surface area contributed by atoms with Crippen LogP contribution in [0.15, 0.2) is 65.8 Å². The van der Waals surface area contributed by atoms with Crippen molar-refractivity contribution in [3.05, 3.63) is 66.2 Å². The minimum Gasteiger partial charge on any atom is -0.504 e. The second-order valence-corrected chi connectivity index (χ2v) is 5.87. The maximum Gasteiger partial charge on any atom is 0.280 e. The standard InChI is InChI=1S/C21H20N2O4/c1-14(27-18-11-5-8-15-7-3-4-10-17(15)18)21(25)23-22-13-16-9-6-12-19(26-2)20(16)24/h3-14,24H,1-2H3,(H,23,25). The molecule has 2 N–H and O–H groups in total. The first-order valence-electron chi connectivity index (χ1n) is 8.43. The summed E-state index contributed by atoms with van der Waals surface area (Å²) in [5.74, 6) is 0.516. The number of carbonyl (C=O) groups excluding carboxylic acids is 1. The number of aromatic hydroxyl groups is 1. The van der Waals surface area contributed by atoms with Gasteiger partial charge in [0, 0.05) is 10.9 Å². The Balaban J connectivity index is 1.66. The van der Waals surface area contributed by atoms with E-state index in [0.29, 0.717) is 17.1 Å². The zero-order valence-electron chi connectivity index (χ0n) is 15.0. The number of carbonyl (C=O) groups is 1. The molecule has 0 fully saturated rings. The second kappa shape index (κ2) is 8.23. The maximum atomic E-state index is 12.2. The van der Waals surface area contributed by atoms with E-state index in [4.69, 9.17) is 9.47 Å². The highest BCUT2D eigenvalue weighted by molar-refractivity contribution is 5.89. The number of hydrogen-bond acceptors (Lipinski definition) is 5. The van der Waals surface area contributed by atoms with Gasteiger partial charge in [-0.25, -0.2) is 5.43 Å². The third kappa shape index (κ3) is 4.17. The number of phenolic OH excluding ortho intramolecular Hbond substituents is 1. The molecule has 0 bridgehead atoms. The van der Waals surface area contributed by atoms with Crippen molar-refractivity contribution in [2.24, 2.45) is 5.10 Å². The number of amides is 1. The van der Waals surface area contributed by atoms with E-state index in [1.54, 1.807) is 25.1 Å². The average Bonchev–Trinajstić information content (AvgIpc) is 2.69. The van der Waals surface area contributed by atoms with Gasteiger partial charge in [-0.1, -0.05) is 42.5 Å². The van der Waals surface area contributed by atoms with Crippen LogP contribution in [0.2, 0.25) is 0 Å². The lowest BCUT2D eigenvalue weighted by Crippen LogP contribution is -2.33. The van der Waals surface area contributed by atoms with Crippen molar-refractivity contribution in [3.8, 4) is 17.2 Å². The van der Waals surface area contributed by atoms with E-state index >= 15 is 0 Å². The Morgan fingerprint density at radius 3 is 2.59 bits per heavy atom. The molecule has 0 aliphatic carbocycles. The van der Waals surface area contributed by atoms with Crippen LogP contribution in [-0.2, 0) is 4.79 Å². The number of nitrogens with one attached hydrogen (secondary N) is 1. The fourth-order valence-corrected chi connectivity index (χ4v) is 2.61. The first-order chi connectivity index (χ1) is 13.1. The van der Waals surface area contributed by atoms with Crippen molar-refractivity contribution in [1.82, 2.24) is 5.43 Å². The summed E-state index contributed by atoms with van der Waals surface area (Å²) in [6.07, 6.45) is 0.604. The highest BCUT2D eigenvalue weighted by atomic mass is 16.5. The van der Waals surface area contributed by atoms with E-state index in [1.807, 2.05) is 42.5 Å². The molecule has 3 aromatic rings. The summed E-state index contributed by atoms with van der Waals surface area (Å²) in [6, 6.07) is 18.5. The lowest BCUT2D eigenvalue weighted by atomic mass is 10.1. The van der Waals surface area contributed by atoms with E-state index < -0.39 is 12.0 Å². The van der Waals surface area contributed by atoms with Crippen LogP contribution in [0.25, 0.3) is 10.8 Å². The minimum atomic E-state index is -0.744. The minimum absolute atomic E-state index is 0.0435. The summed E-state index contributed by atoms with van der Waals surface area (Å²) in [5.41, 5.74) is 2.85. The summed E-state index contributed by atoms with van der Waals surface area (Å²) >= 11 is 0. The zero-order valence-corrected chi connectivity index (χ0v) is 15.0. The topological polar surface area (TPSA) is 80.2 Å². The first kappa shape index (κ1) is 18.3. The molecule has 0 saturated carbocycles. The van der Waals surface area contributed by atoms with Gasteiger partial charge in [-0.05, 0) is 30.5 Å². The number of para-hydroxylation sites is 1. The van der Waals surface area contributed by atoms with Crippen LogP contribution in [0.5, 0.6) is 17.2 Å². The van der Waals surface area contributed by atoms with Crippen molar-refractivity contribution in [2.45, 2.75) is 13.0 Å². The van der Waals surface area contributed by atoms with E-state index in [1.165, 1.54) is 13.3 Å². The number of methoxy groups -OCH3 is 1. The van der Waals surface area contributed by atoms with Gasteiger partial charge in [-0.15, -0.1) is 0 Å². The molecule has 3 rings (SSSR count). The molecule has 6 heteroatoms. The maximum absolute atomic E-state index is 12.2.